The molecular formula is C17H24N2O3. The zero-order valence-electron chi connectivity index (χ0n) is 13.6. The van der Waals surface area contributed by atoms with Crippen molar-refractivity contribution in [1.82, 2.24) is 9.47 Å². The number of aryl methyl sites for hydroxylation is 2. The van der Waals surface area contributed by atoms with Gasteiger partial charge >= 0.3 is 0 Å². The smallest absolute Gasteiger partial charge is 0.263 e. The van der Waals surface area contributed by atoms with Crippen molar-refractivity contribution in [1.29, 1.82) is 0 Å². The van der Waals surface area contributed by atoms with E-state index in [9.17, 15) is 9.59 Å². The van der Waals surface area contributed by atoms with E-state index in [1.54, 1.807) is 11.6 Å². The van der Waals surface area contributed by atoms with Crippen LogP contribution in [0.25, 0.3) is 0 Å². The molecule has 5 heteroatoms. The highest BCUT2D eigenvalue weighted by molar-refractivity contribution is 5.95. The number of rotatable bonds is 1. The summed E-state index contributed by atoms with van der Waals surface area (Å²) in [5.41, 5.74) is 1.77. The number of hydrogen-bond donors (Lipinski definition) is 0. The Labute approximate surface area is 130 Å². The molecule has 1 amide bonds. The highest BCUT2D eigenvalue weighted by atomic mass is 16.5. The van der Waals surface area contributed by atoms with Crippen LogP contribution in [0, 0.1) is 13.8 Å². The summed E-state index contributed by atoms with van der Waals surface area (Å²) >= 11 is 0. The number of aromatic nitrogens is 1. The molecule has 0 unspecified atom stereocenters. The molecule has 2 atom stereocenters. The number of morpholine rings is 1. The maximum atomic E-state index is 13.0. The van der Waals surface area contributed by atoms with Crippen LogP contribution >= 0.6 is 0 Å². The number of amides is 1. The predicted octanol–water partition coefficient (Wildman–Crippen LogP) is 1.79. The van der Waals surface area contributed by atoms with Gasteiger partial charge in [-0.2, -0.15) is 0 Å². The number of pyridine rings is 1. The zero-order valence-corrected chi connectivity index (χ0v) is 13.6. The minimum atomic E-state index is -0.193. The molecule has 1 aliphatic carbocycles. The fraction of sp³-hybridized carbons (Fsp3) is 0.647. The van der Waals surface area contributed by atoms with Gasteiger partial charge in [0.15, 0.2) is 0 Å². The average molecular weight is 304 g/mol. The molecule has 1 saturated carbocycles. The Morgan fingerprint density at radius 2 is 2.00 bits per heavy atom. The molecule has 2 fully saturated rings. The van der Waals surface area contributed by atoms with Crippen molar-refractivity contribution in [2.75, 3.05) is 13.2 Å². The molecule has 0 bridgehead atoms. The quantitative estimate of drug-likeness (QED) is 0.795. The normalized spacial score (nSPS) is 25.0. The number of nitrogens with zero attached hydrogens (tertiary/aromatic N) is 2. The summed E-state index contributed by atoms with van der Waals surface area (Å²) < 4.78 is 7.38. The summed E-state index contributed by atoms with van der Waals surface area (Å²) in [5.74, 6) is -0.127. The van der Waals surface area contributed by atoms with Crippen molar-refractivity contribution in [3.05, 3.63) is 33.2 Å². The SMILES string of the molecule is Cc1cc(C)n(C)c(=O)c1C(=O)N1CCO[C@@H]2CCCC[C@H]21. The molecule has 0 N–H and O–H groups in total. The molecule has 1 aromatic rings. The van der Waals surface area contributed by atoms with Crippen LogP contribution in [-0.2, 0) is 11.8 Å². The minimum absolute atomic E-state index is 0.125. The second-order valence-electron chi connectivity index (χ2n) is 6.47. The Morgan fingerprint density at radius 1 is 1.27 bits per heavy atom. The van der Waals surface area contributed by atoms with Gasteiger partial charge in [-0.1, -0.05) is 12.8 Å². The lowest BCUT2D eigenvalue weighted by Crippen LogP contribution is -2.55. The first-order chi connectivity index (χ1) is 10.5. The molecule has 3 rings (SSSR count). The summed E-state index contributed by atoms with van der Waals surface area (Å²) in [6.45, 7) is 4.88. The Kier molecular flexibility index (Phi) is 4.08. The zero-order chi connectivity index (χ0) is 15.9. The molecular weight excluding hydrogens is 280 g/mol. The standard InChI is InChI=1S/C17H24N2O3/c1-11-10-12(2)18(3)16(20)15(11)17(21)19-8-9-22-14-7-5-4-6-13(14)19/h10,13-14H,4-9H2,1-3H3/t13-,14-/m1/s1. The average Bonchev–Trinajstić information content (AvgIpc) is 2.52. The molecule has 1 saturated heterocycles. The van der Waals surface area contributed by atoms with Crippen LogP contribution in [0.1, 0.15) is 47.3 Å². The Balaban J connectivity index is 1.97. The van der Waals surface area contributed by atoms with Gasteiger partial charge in [0, 0.05) is 19.3 Å². The van der Waals surface area contributed by atoms with E-state index in [1.165, 1.54) is 0 Å². The van der Waals surface area contributed by atoms with Gasteiger partial charge in [0.1, 0.15) is 5.56 Å². The van der Waals surface area contributed by atoms with Crippen LogP contribution < -0.4 is 5.56 Å². The fourth-order valence-corrected chi connectivity index (χ4v) is 3.73. The molecule has 0 radical (unpaired) electrons. The van der Waals surface area contributed by atoms with Crippen molar-refractivity contribution >= 4 is 5.91 Å². The van der Waals surface area contributed by atoms with Crippen LogP contribution in [0.3, 0.4) is 0 Å². The van der Waals surface area contributed by atoms with Gasteiger partial charge in [0.2, 0.25) is 0 Å². The first-order valence-corrected chi connectivity index (χ1v) is 8.10. The van der Waals surface area contributed by atoms with Crippen LogP contribution in [0.2, 0.25) is 0 Å². The van der Waals surface area contributed by atoms with Crippen molar-refractivity contribution in [2.24, 2.45) is 7.05 Å². The van der Waals surface area contributed by atoms with Crippen molar-refractivity contribution in [3.8, 4) is 0 Å². The number of carbonyl (C=O) groups excluding carboxylic acids is 1. The molecule has 1 aromatic heterocycles. The first kappa shape index (κ1) is 15.3. The van der Waals surface area contributed by atoms with Gasteiger partial charge in [-0.05, 0) is 38.3 Å². The third-order valence-electron chi connectivity index (χ3n) is 5.07. The number of fused-ring (bicyclic) bond motifs is 1. The first-order valence-electron chi connectivity index (χ1n) is 8.10. The molecule has 0 aromatic carbocycles. The molecule has 1 aliphatic heterocycles. The van der Waals surface area contributed by atoms with E-state index in [1.807, 2.05) is 24.8 Å². The molecule has 120 valence electrons. The van der Waals surface area contributed by atoms with E-state index in [4.69, 9.17) is 4.74 Å². The molecule has 2 heterocycles. The van der Waals surface area contributed by atoms with E-state index in [0.717, 1.165) is 36.9 Å². The molecule has 22 heavy (non-hydrogen) atoms. The lowest BCUT2D eigenvalue weighted by molar-refractivity contribution is -0.0753. The second kappa shape index (κ2) is 5.88. The van der Waals surface area contributed by atoms with Gasteiger partial charge in [0.05, 0.1) is 18.8 Å². The van der Waals surface area contributed by atoms with Crippen LogP contribution in [-0.4, -0.2) is 40.7 Å². The molecule has 0 spiro atoms. The fourth-order valence-electron chi connectivity index (χ4n) is 3.73. The number of hydrogen-bond acceptors (Lipinski definition) is 3. The van der Waals surface area contributed by atoms with Crippen LogP contribution in [0.4, 0.5) is 0 Å². The minimum Gasteiger partial charge on any atom is -0.374 e. The van der Waals surface area contributed by atoms with Gasteiger partial charge in [-0.15, -0.1) is 0 Å². The maximum absolute atomic E-state index is 13.0. The number of ether oxygens (including phenoxy) is 1. The predicted molar refractivity (Wildman–Crippen MR) is 84.2 cm³/mol. The van der Waals surface area contributed by atoms with Gasteiger partial charge in [-0.3, -0.25) is 9.59 Å². The topological polar surface area (TPSA) is 51.5 Å². The molecule has 2 aliphatic rings. The Morgan fingerprint density at radius 3 is 2.77 bits per heavy atom. The Hall–Kier alpha value is -1.62. The third kappa shape index (κ3) is 2.47. The third-order valence-corrected chi connectivity index (χ3v) is 5.07. The second-order valence-corrected chi connectivity index (χ2v) is 6.47. The summed E-state index contributed by atoms with van der Waals surface area (Å²) in [4.78, 5) is 27.4. The largest absolute Gasteiger partial charge is 0.374 e. The highest BCUT2D eigenvalue weighted by Crippen LogP contribution is 2.29. The number of carbonyl (C=O) groups is 1. The van der Waals surface area contributed by atoms with Crippen molar-refractivity contribution < 1.29 is 9.53 Å². The highest BCUT2D eigenvalue weighted by Gasteiger charge is 2.38. The van der Waals surface area contributed by atoms with E-state index >= 15 is 0 Å². The van der Waals surface area contributed by atoms with E-state index in [0.29, 0.717) is 18.7 Å². The Bertz CT molecular complexity index is 648. The van der Waals surface area contributed by atoms with Gasteiger partial charge in [0.25, 0.3) is 11.5 Å². The lowest BCUT2D eigenvalue weighted by atomic mass is 9.89. The molecule has 5 nitrogen and oxygen atoms in total. The monoisotopic (exact) mass is 304 g/mol. The summed E-state index contributed by atoms with van der Waals surface area (Å²) in [6.07, 6.45) is 4.41. The van der Waals surface area contributed by atoms with Crippen LogP contribution in [0.15, 0.2) is 10.9 Å². The van der Waals surface area contributed by atoms with Crippen molar-refractivity contribution in [3.63, 3.8) is 0 Å². The van der Waals surface area contributed by atoms with Gasteiger partial charge < -0.3 is 14.2 Å². The van der Waals surface area contributed by atoms with Crippen LogP contribution in [0.5, 0.6) is 0 Å². The van der Waals surface area contributed by atoms with Gasteiger partial charge in [-0.25, -0.2) is 0 Å². The van der Waals surface area contributed by atoms with Crippen molar-refractivity contribution in [2.45, 2.75) is 51.7 Å². The summed E-state index contributed by atoms with van der Waals surface area (Å²) in [6, 6.07) is 2.04. The summed E-state index contributed by atoms with van der Waals surface area (Å²) in [7, 11) is 1.72. The summed E-state index contributed by atoms with van der Waals surface area (Å²) in [5, 5.41) is 0. The van der Waals surface area contributed by atoms with E-state index in [-0.39, 0.29) is 23.6 Å². The van der Waals surface area contributed by atoms with E-state index < -0.39 is 0 Å². The lowest BCUT2D eigenvalue weighted by Gasteiger charge is -2.43. The van der Waals surface area contributed by atoms with E-state index in [2.05, 4.69) is 0 Å². The maximum Gasteiger partial charge on any atom is 0.263 e.